The smallest absolute Gasteiger partial charge is 0.354 e. The first-order valence-electron chi connectivity index (χ1n) is 10.1. The second-order valence-corrected chi connectivity index (χ2v) is 7.81. The van der Waals surface area contributed by atoms with Crippen molar-refractivity contribution in [3.05, 3.63) is 71.0 Å². The molecule has 4 nitrogen and oxygen atoms in total. The molecular formula is C23H24F4N2O2. The summed E-state index contributed by atoms with van der Waals surface area (Å²) < 4.78 is 50.7. The molecule has 2 atom stereocenters. The number of nitrogens with one attached hydrogen (secondary N) is 1. The van der Waals surface area contributed by atoms with E-state index in [0.29, 0.717) is 23.1 Å². The summed E-state index contributed by atoms with van der Waals surface area (Å²) in [6.45, 7) is 3.50. The van der Waals surface area contributed by atoms with E-state index in [9.17, 15) is 27.2 Å². The molecule has 166 valence electrons. The fraction of sp³-hybridized carbons (Fsp3) is 0.391. The monoisotopic (exact) mass is 436 g/mol. The maximum absolute atomic E-state index is 13.5. The molecule has 2 amide bonds. The summed E-state index contributed by atoms with van der Waals surface area (Å²) in [5.74, 6) is -1.31. The Labute approximate surface area is 178 Å². The zero-order valence-corrected chi connectivity index (χ0v) is 17.3. The van der Waals surface area contributed by atoms with Gasteiger partial charge in [0.1, 0.15) is 11.9 Å². The summed E-state index contributed by atoms with van der Waals surface area (Å²) in [6, 6.07) is 11.5. The van der Waals surface area contributed by atoms with Crippen LogP contribution in [0.25, 0.3) is 0 Å². The quantitative estimate of drug-likeness (QED) is 0.485. The molecule has 1 aliphatic rings. The molecule has 3 rings (SSSR count). The lowest BCUT2D eigenvalue weighted by Gasteiger charge is -2.42. The molecule has 0 fully saturated rings. The molecule has 0 spiro atoms. The second-order valence-electron chi connectivity index (χ2n) is 7.81. The lowest BCUT2D eigenvalue weighted by atomic mass is 9.86. The van der Waals surface area contributed by atoms with Crippen LogP contribution in [0.1, 0.15) is 60.6 Å². The van der Waals surface area contributed by atoms with E-state index < -0.39 is 35.9 Å². The number of nitrogens with zero attached hydrogens (tertiary/aromatic N) is 1. The predicted octanol–water partition coefficient (Wildman–Crippen LogP) is 5.11. The molecule has 8 heteroatoms. The van der Waals surface area contributed by atoms with Crippen LogP contribution in [-0.2, 0) is 10.3 Å². The summed E-state index contributed by atoms with van der Waals surface area (Å²) in [4.78, 5) is 27.9. The number of carbonyl (C=O) groups excluding carboxylic acids is 2. The van der Waals surface area contributed by atoms with Gasteiger partial charge in [-0.3, -0.25) is 9.59 Å². The number of benzene rings is 2. The first-order chi connectivity index (χ1) is 14.6. The van der Waals surface area contributed by atoms with E-state index in [1.165, 1.54) is 17.0 Å². The van der Waals surface area contributed by atoms with E-state index in [-0.39, 0.29) is 18.9 Å². The SMILES string of the molecule is CCC(C)(c1ccc(F)cc1)N1C(=O)c2ccccc2C1C(=O)NCCCC(F)(F)F. The predicted molar refractivity (Wildman–Crippen MR) is 108 cm³/mol. The van der Waals surface area contributed by atoms with Gasteiger partial charge in [0.15, 0.2) is 0 Å². The molecule has 0 radical (unpaired) electrons. The van der Waals surface area contributed by atoms with Crippen molar-refractivity contribution in [3.63, 3.8) is 0 Å². The highest BCUT2D eigenvalue weighted by Crippen LogP contribution is 2.44. The van der Waals surface area contributed by atoms with Gasteiger partial charge in [-0.15, -0.1) is 0 Å². The van der Waals surface area contributed by atoms with Crippen molar-refractivity contribution in [1.82, 2.24) is 10.2 Å². The molecule has 0 aromatic heterocycles. The average molecular weight is 436 g/mol. The van der Waals surface area contributed by atoms with Crippen molar-refractivity contribution >= 4 is 11.8 Å². The molecule has 31 heavy (non-hydrogen) atoms. The van der Waals surface area contributed by atoms with Crippen LogP contribution in [0.5, 0.6) is 0 Å². The van der Waals surface area contributed by atoms with Gasteiger partial charge in [-0.2, -0.15) is 13.2 Å². The van der Waals surface area contributed by atoms with Crippen molar-refractivity contribution in [1.29, 1.82) is 0 Å². The molecule has 0 saturated carbocycles. The molecule has 2 aromatic carbocycles. The van der Waals surface area contributed by atoms with Crippen LogP contribution in [-0.4, -0.2) is 29.4 Å². The molecule has 0 bridgehead atoms. The largest absolute Gasteiger partial charge is 0.389 e. The zero-order valence-electron chi connectivity index (χ0n) is 17.3. The number of fused-ring (bicyclic) bond motifs is 1. The highest BCUT2D eigenvalue weighted by Gasteiger charge is 2.49. The van der Waals surface area contributed by atoms with Gasteiger partial charge in [0.05, 0.1) is 5.54 Å². The Hall–Kier alpha value is -2.90. The van der Waals surface area contributed by atoms with E-state index in [1.54, 1.807) is 43.3 Å². The zero-order chi connectivity index (χ0) is 22.8. The molecule has 2 aromatic rings. The van der Waals surface area contributed by atoms with Crippen molar-refractivity contribution in [2.24, 2.45) is 0 Å². The van der Waals surface area contributed by atoms with Gasteiger partial charge in [0.25, 0.3) is 5.91 Å². The number of amides is 2. The minimum absolute atomic E-state index is 0.154. The highest BCUT2D eigenvalue weighted by atomic mass is 19.4. The van der Waals surface area contributed by atoms with Crippen LogP contribution in [0.4, 0.5) is 17.6 Å². The Bertz CT molecular complexity index is 959. The van der Waals surface area contributed by atoms with E-state index in [0.717, 1.165) is 0 Å². The van der Waals surface area contributed by atoms with Gasteiger partial charge in [-0.25, -0.2) is 4.39 Å². The van der Waals surface area contributed by atoms with E-state index in [1.807, 2.05) is 6.92 Å². The van der Waals surface area contributed by atoms with E-state index in [2.05, 4.69) is 5.32 Å². The summed E-state index contributed by atoms with van der Waals surface area (Å²) in [7, 11) is 0. The molecule has 1 heterocycles. The number of alkyl halides is 3. The molecule has 2 unspecified atom stereocenters. The fourth-order valence-corrected chi connectivity index (χ4v) is 4.00. The minimum Gasteiger partial charge on any atom is -0.354 e. The van der Waals surface area contributed by atoms with Gasteiger partial charge in [-0.1, -0.05) is 37.3 Å². The number of rotatable bonds is 7. The summed E-state index contributed by atoms with van der Waals surface area (Å²) >= 11 is 0. The van der Waals surface area contributed by atoms with E-state index >= 15 is 0 Å². The van der Waals surface area contributed by atoms with Crippen LogP contribution >= 0.6 is 0 Å². The van der Waals surface area contributed by atoms with Crippen molar-refractivity contribution in [3.8, 4) is 0 Å². The Balaban J connectivity index is 1.94. The van der Waals surface area contributed by atoms with Crippen LogP contribution in [0.15, 0.2) is 48.5 Å². The third kappa shape index (κ3) is 4.57. The normalized spacial score (nSPS) is 17.9. The lowest BCUT2D eigenvalue weighted by Crippen LogP contribution is -2.50. The number of halogens is 4. The second kappa shape index (κ2) is 8.69. The summed E-state index contributed by atoms with van der Waals surface area (Å²) in [6.07, 6.45) is -5.10. The van der Waals surface area contributed by atoms with Gasteiger partial charge in [-0.05, 0) is 49.1 Å². The maximum Gasteiger partial charge on any atom is 0.389 e. The standard InChI is InChI=1S/C23H24F4N2O2/c1-3-22(2,15-9-11-16(24)12-10-15)29-19(17-7-4-5-8-18(17)21(29)31)20(30)28-14-6-13-23(25,26)27/h4-5,7-12,19H,3,6,13-14H2,1-2H3,(H,28,30). The van der Waals surface area contributed by atoms with Gasteiger partial charge >= 0.3 is 6.18 Å². The molecule has 0 aliphatic carbocycles. The third-order valence-electron chi connectivity index (χ3n) is 5.83. The first kappa shape index (κ1) is 22.8. The number of hydrogen-bond acceptors (Lipinski definition) is 2. The summed E-state index contributed by atoms with van der Waals surface area (Å²) in [5.41, 5.74) is 0.604. The van der Waals surface area contributed by atoms with Crippen LogP contribution in [0, 0.1) is 5.82 Å². The fourth-order valence-electron chi connectivity index (χ4n) is 4.00. The van der Waals surface area contributed by atoms with Gasteiger partial charge in [0, 0.05) is 18.5 Å². The lowest BCUT2D eigenvalue weighted by molar-refractivity contribution is -0.137. The molecule has 1 aliphatic heterocycles. The molecule has 0 saturated heterocycles. The number of carbonyl (C=O) groups is 2. The van der Waals surface area contributed by atoms with Crippen molar-refractivity contribution < 1.29 is 27.2 Å². The Kier molecular flexibility index (Phi) is 6.38. The van der Waals surface area contributed by atoms with Crippen LogP contribution in [0.2, 0.25) is 0 Å². The van der Waals surface area contributed by atoms with E-state index in [4.69, 9.17) is 0 Å². The number of hydrogen-bond donors (Lipinski definition) is 1. The molecular weight excluding hydrogens is 412 g/mol. The van der Waals surface area contributed by atoms with Crippen molar-refractivity contribution in [2.45, 2.75) is 50.9 Å². The third-order valence-corrected chi connectivity index (χ3v) is 5.83. The topological polar surface area (TPSA) is 49.4 Å². The van der Waals surface area contributed by atoms with Gasteiger partial charge in [0.2, 0.25) is 5.91 Å². The van der Waals surface area contributed by atoms with Gasteiger partial charge < -0.3 is 10.2 Å². The maximum atomic E-state index is 13.5. The highest BCUT2D eigenvalue weighted by molar-refractivity contribution is 6.05. The molecule has 1 N–H and O–H groups in total. The Morgan fingerprint density at radius 2 is 1.74 bits per heavy atom. The Morgan fingerprint density at radius 3 is 2.35 bits per heavy atom. The summed E-state index contributed by atoms with van der Waals surface area (Å²) in [5, 5.41) is 2.55. The van der Waals surface area contributed by atoms with Crippen LogP contribution in [0.3, 0.4) is 0 Å². The minimum atomic E-state index is -4.30. The van der Waals surface area contributed by atoms with Crippen LogP contribution < -0.4 is 5.32 Å². The first-order valence-corrected chi connectivity index (χ1v) is 10.1. The van der Waals surface area contributed by atoms with Crippen molar-refractivity contribution in [2.75, 3.05) is 6.54 Å². The Morgan fingerprint density at radius 1 is 1.10 bits per heavy atom. The average Bonchev–Trinajstić information content (AvgIpc) is 3.03.